The van der Waals surface area contributed by atoms with Gasteiger partial charge in [-0.1, -0.05) is 0 Å². The number of hydrogen-bond donors (Lipinski definition) is 4. The van der Waals surface area contributed by atoms with Crippen LogP contribution in [0.2, 0.25) is 0 Å². The van der Waals surface area contributed by atoms with Gasteiger partial charge in [0.2, 0.25) is 0 Å². The summed E-state index contributed by atoms with van der Waals surface area (Å²) in [6.07, 6.45) is 0. The first-order valence-corrected chi connectivity index (χ1v) is 2.68. The predicted octanol–water partition coefficient (Wildman–Crippen LogP) is -2.61. The molecule has 0 aliphatic carbocycles. The van der Waals surface area contributed by atoms with E-state index in [4.69, 9.17) is 19.2 Å². The van der Waals surface area contributed by atoms with E-state index in [0.717, 1.165) is 0 Å². The Morgan fingerprint density at radius 3 is 0.857 bits per heavy atom. The average Bonchev–Trinajstić information content (AvgIpc) is 0.722. The molecule has 0 amide bonds. The Labute approximate surface area is 64.9 Å². The summed E-state index contributed by atoms with van der Waals surface area (Å²) in [6.45, 7) is 0. The van der Waals surface area contributed by atoms with Gasteiger partial charge in [-0.2, -0.15) is 0 Å². The van der Waals surface area contributed by atoms with Gasteiger partial charge in [0.1, 0.15) is 0 Å². The third-order valence-electron chi connectivity index (χ3n) is 0. The van der Waals surface area contributed by atoms with Gasteiger partial charge in [-0.25, -0.2) is 0 Å². The molecule has 7 heteroatoms. The molecule has 1 radical (unpaired) electrons. The van der Waals surface area contributed by atoms with Crippen molar-refractivity contribution in [1.29, 1.82) is 0 Å². The first-order valence-electron chi connectivity index (χ1n) is 0.894. The van der Waals surface area contributed by atoms with Crippen LogP contribution in [-0.4, -0.2) is 28.2 Å². The molecule has 0 aliphatic heterocycles. The first kappa shape index (κ1) is 15.7. The molecule has 0 aromatic rings. The molecule has 0 saturated heterocycles. The maximum atomic E-state index is 7.33. The summed E-state index contributed by atoms with van der Waals surface area (Å²) in [4.78, 5) is 29.3. The molecule has 0 unspecified atom stereocenters. The SMILES string of the molecule is O[Si](O)(O)O.[Mn].[Zn]. The average molecular weight is 216 g/mol. The van der Waals surface area contributed by atoms with Crippen LogP contribution >= 0.6 is 0 Å². The molecule has 0 rings (SSSR count). The zero-order chi connectivity index (χ0) is 4.50. The Morgan fingerprint density at radius 1 is 0.857 bits per heavy atom. The summed E-state index contributed by atoms with van der Waals surface area (Å²) in [6, 6.07) is 0. The normalized spacial score (nSPS) is 8.57. The monoisotopic (exact) mass is 215 g/mol. The van der Waals surface area contributed by atoms with Crippen molar-refractivity contribution in [2.24, 2.45) is 0 Å². The smallest absolute Gasteiger partial charge is 0.368 e. The van der Waals surface area contributed by atoms with Crippen LogP contribution in [0.25, 0.3) is 0 Å². The second kappa shape index (κ2) is 5.34. The fourth-order valence-electron chi connectivity index (χ4n) is 0. The van der Waals surface area contributed by atoms with Crippen LogP contribution in [0.3, 0.4) is 0 Å². The van der Waals surface area contributed by atoms with Crippen LogP contribution in [0.15, 0.2) is 0 Å². The van der Waals surface area contributed by atoms with Gasteiger partial charge >= 0.3 is 9.05 Å². The van der Waals surface area contributed by atoms with E-state index in [1.54, 1.807) is 0 Å². The molecule has 0 aliphatic rings. The van der Waals surface area contributed by atoms with Gasteiger partial charge in [-0.05, 0) is 0 Å². The molecule has 41 valence electrons. The van der Waals surface area contributed by atoms with Gasteiger partial charge in [-0.15, -0.1) is 0 Å². The van der Waals surface area contributed by atoms with Crippen molar-refractivity contribution in [3.8, 4) is 0 Å². The van der Waals surface area contributed by atoms with Crippen molar-refractivity contribution < 1.29 is 55.7 Å². The van der Waals surface area contributed by atoms with Gasteiger partial charge in [0.25, 0.3) is 0 Å². The van der Waals surface area contributed by atoms with Crippen LogP contribution in [0, 0.1) is 0 Å². The first-order chi connectivity index (χ1) is 2.00. The molecule has 4 N–H and O–H groups in total. The van der Waals surface area contributed by atoms with E-state index in [0.29, 0.717) is 0 Å². The van der Waals surface area contributed by atoms with E-state index in [1.165, 1.54) is 0 Å². The van der Waals surface area contributed by atoms with Gasteiger partial charge < -0.3 is 19.2 Å². The van der Waals surface area contributed by atoms with Crippen LogP contribution < -0.4 is 0 Å². The quantitative estimate of drug-likeness (QED) is 0.335. The molecule has 0 aromatic carbocycles. The van der Waals surface area contributed by atoms with Gasteiger partial charge in [0.15, 0.2) is 0 Å². The molecule has 4 nitrogen and oxygen atoms in total. The third-order valence-corrected chi connectivity index (χ3v) is 0. The van der Waals surface area contributed by atoms with Crippen LogP contribution in [-0.2, 0) is 36.5 Å². The second-order valence-electron chi connectivity index (χ2n) is 0.600. The molecule has 0 aromatic heterocycles. The van der Waals surface area contributed by atoms with Gasteiger partial charge in [0.05, 0.1) is 0 Å². The fraction of sp³-hybridized carbons (Fsp3) is 0. The van der Waals surface area contributed by atoms with Gasteiger partial charge in [0, 0.05) is 36.5 Å². The maximum absolute atomic E-state index is 7.33. The van der Waals surface area contributed by atoms with E-state index >= 15 is 0 Å². The standard InChI is InChI=1S/Mn.H4O4Si.Zn/c;1-5(2,3)4;/h;1-4H;. The van der Waals surface area contributed by atoms with E-state index in [9.17, 15) is 0 Å². The number of hydrogen-bond acceptors (Lipinski definition) is 4. The van der Waals surface area contributed by atoms with Crippen molar-refractivity contribution in [3.63, 3.8) is 0 Å². The van der Waals surface area contributed by atoms with Crippen molar-refractivity contribution in [3.05, 3.63) is 0 Å². The Kier molecular flexibility index (Phi) is 12.0. The minimum atomic E-state index is -4.61. The van der Waals surface area contributed by atoms with Crippen LogP contribution in [0.4, 0.5) is 0 Å². The van der Waals surface area contributed by atoms with Crippen molar-refractivity contribution >= 4 is 9.05 Å². The summed E-state index contributed by atoms with van der Waals surface area (Å²) in [5.41, 5.74) is 0. The summed E-state index contributed by atoms with van der Waals surface area (Å²) >= 11 is 0. The van der Waals surface area contributed by atoms with Crippen molar-refractivity contribution in [2.75, 3.05) is 0 Å². The molecular formula is H4MnO4SiZn. The molecular weight excluding hydrogens is 212 g/mol. The van der Waals surface area contributed by atoms with Crippen molar-refractivity contribution in [1.82, 2.24) is 0 Å². The summed E-state index contributed by atoms with van der Waals surface area (Å²) < 4.78 is 0. The summed E-state index contributed by atoms with van der Waals surface area (Å²) in [7, 11) is -4.61. The van der Waals surface area contributed by atoms with Gasteiger partial charge in [-0.3, -0.25) is 0 Å². The van der Waals surface area contributed by atoms with E-state index in [2.05, 4.69) is 0 Å². The zero-order valence-corrected chi connectivity index (χ0v) is 8.52. The number of rotatable bonds is 0. The van der Waals surface area contributed by atoms with E-state index in [-0.39, 0.29) is 36.5 Å². The van der Waals surface area contributed by atoms with Crippen LogP contribution in [0.1, 0.15) is 0 Å². The Balaban J connectivity index is -0.0000000800. The molecule has 0 saturated carbocycles. The predicted molar refractivity (Wildman–Crippen MR) is 14.6 cm³/mol. The van der Waals surface area contributed by atoms with E-state index in [1.807, 2.05) is 0 Å². The molecule has 0 spiro atoms. The molecule has 0 heterocycles. The minimum Gasteiger partial charge on any atom is -0.368 e. The second-order valence-corrected chi connectivity index (χ2v) is 1.80. The topological polar surface area (TPSA) is 80.9 Å². The summed E-state index contributed by atoms with van der Waals surface area (Å²) in [5, 5.41) is 0. The minimum absolute atomic E-state index is 0. The Morgan fingerprint density at radius 2 is 0.857 bits per heavy atom. The maximum Gasteiger partial charge on any atom is 0.668 e. The van der Waals surface area contributed by atoms with Crippen LogP contribution in [0.5, 0.6) is 0 Å². The van der Waals surface area contributed by atoms with Crippen molar-refractivity contribution in [2.45, 2.75) is 0 Å². The van der Waals surface area contributed by atoms with E-state index < -0.39 is 9.05 Å². The molecule has 0 fully saturated rings. The zero-order valence-electron chi connectivity index (χ0n) is 3.37. The molecule has 0 bridgehead atoms. The molecule has 0 atom stereocenters. The molecule has 7 heavy (non-hydrogen) atoms. The largest absolute Gasteiger partial charge is 0.668 e. The Bertz CT molecular complexity index is 27.2. The summed E-state index contributed by atoms with van der Waals surface area (Å²) in [5.74, 6) is 0. The third kappa shape index (κ3) is 135. The fourth-order valence-corrected chi connectivity index (χ4v) is 0. The Hall–Kier alpha value is 1.20.